The Bertz CT molecular complexity index is 9250. The summed E-state index contributed by atoms with van der Waals surface area (Å²) in [6.07, 6.45) is 1.79. The predicted octanol–water partition coefficient (Wildman–Crippen LogP) is 30.3. The minimum atomic E-state index is -0.120. The van der Waals surface area contributed by atoms with Crippen molar-refractivity contribution in [3.63, 3.8) is 0 Å². The SMILES string of the molecule is CC1(C)c2ccccc2-c2c1ccc1c2oc2c(-c3ccccc3)nc(-c3cccc(-n4c5ccccc5c5ccccc54)c3)nc21.Cc1c(C)n(-c2ccc(-c3nc(-c4ccccc4)c4sc5c(ccc6oc7ccccc7c65)c4n3)cc2)c2ccccc12.c1ccc2c(c1)ccc1c2c2ccccc2n1-c1ncc2oc3ccc4oc5ccccc5c4c3c2n1. The van der Waals surface area contributed by atoms with Crippen LogP contribution < -0.4 is 0 Å². The summed E-state index contributed by atoms with van der Waals surface area (Å²) in [5.41, 5.74) is 30.2. The van der Waals surface area contributed by atoms with Crippen LogP contribution in [0, 0.1) is 13.8 Å². The third kappa shape index (κ3) is 10.9. The van der Waals surface area contributed by atoms with E-state index in [1.807, 2.05) is 66.7 Å². The van der Waals surface area contributed by atoms with Gasteiger partial charge in [-0.3, -0.25) is 4.57 Å². The highest BCUT2D eigenvalue weighted by molar-refractivity contribution is 7.27. The van der Waals surface area contributed by atoms with E-state index in [1.165, 1.54) is 86.9 Å². The molecule has 0 saturated heterocycles. The van der Waals surface area contributed by atoms with Crippen molar-refractivity contribution < 1.29 is 17.7 Å². The van der Waals surface area contributed by atoms with Crippen LogP contribution in [0.5, 0.6) is 0 Å². The molecule has 11 heterocycles. The molecule has 11 aromatic heterocycles. The molecule has 16 aromatic carbocycles. The van der Waals surface area contributed by atoms with E-state index in [4.69, 9.17) is 47.6 Å². The average molecular weight is 1650 g/mol. The molecular formula is C113H71N9O4S. The van der Waals surface area contributed by atoms with Gasteiger partial charge in [-0.2, -0.15) is 0 Å². The molecule has 0 amide bonds. The summed E-state index contributed by atoms with van der Waals surface area (Å²) < 4.78 is 34.5. The topological polar surface area (TPSA) is 145 Å². The van der Waals surface area contributed by atoms with Gasteiger partial charge in [0, 0.05) is 114 Å². The molecule has 0 bridgehead atoms. The lowest BCUT2D eigenvalue weighted by atomic mass is 9.82. The second-order valence-corrected chi connectivity index (χ2v) is 34.5. The van der Waals surface area contributed by atoms with Gasteiger partial charge in [-0.15, -0.1) is 11.3 Å². The van der Waals surface area contributed by atoms with E-state index in [0.29, 0.717) is 22.9 Å². The summed E-state index contributed by atoms with van der Waals surface area (Å²) in [7, 11) is 0. The van der Waals surface area contributed by atoms with Crippen molar-refractivity contribution in [2.75, 3.05) is 0 Å². The molecule has 0 fully saturated rings. The fourth-order valence-corrected chi connectivity index (χ4v) is 21.5. The number of aromatic nitrogens is 9. The maximum Gasteiger partial charge on any atom is 0.235 e. The first-order chi connectivity index (χ1) is 62.6. The predicted molar refractivity (Wildman–Crippen MR) is 520 cm³/mol. The lowest BCUT2D eigenvalue weighted by Crippen LogP contribution is -2.14. The van der Waals surface area contributed by atoms with E-state index in [1.54, 1.807) is 17.5 Å². The van der Waals surface area contributed by atoms with Gasteiger partial charge < -0.3 is 26.8 Å². The van der Waals surface area contributed by atoms with Gasteiger partial charge in [-0.1, -0.05) is 257 Å². The van der Waals surface area contributed by atoms with Gasteiger partial charge in [-0.05, 0) is 156 Å². The van der Waals surface area contributed by atoms with Crippen molar-refractivity contribution >= 4 is 185 Å². The standard InChI is InChI=1S/C43H29N3O.C38H25N3OS.C32H17N3O2/c1-43(2)33-20-9-6-19-31(33)37-34(43)24-23-32-39-41(47-40(32)37)38(26-13-4-3-5-14-26)44-42(45-39)27-15-12-16-28(25-27)46-35-21-10-7-17-29(35)30-18-8-11-22-36(30)46;1-22-23(2)41(30-14-8-6-12-27(22)30)26-18-16-25(17-19-26)38-39-34(24-10-4-3-5-11-24)37-35(40-38)29-20-21-32-33(36(29)43-37)28-13-7-9-15-31(28)42-32;1-2-8-19-18(7-1)13-14-23-28(19)20-9-3-5-11-22(20)35(23)32-33-17-27-31(34-32)30-26(37-27)16-15-25-29(30)21-10-4-6-12-24(21)36-25/h3-25H,1-2H3;3-21H,1-2H3;1-17H. The number of hydrogen-bond acceptors (Lipinski definition) is 11. The van der Waals surface area contributed by atoms with Gasteiger partial charge in [0.15, 0.2) is 22.8 Å². The van der Waals surface area contributed by atoms with E-state index in [0.717, 1.165) is 160 Å². The molecule has 0 radical (unpaired) electrons. The molecule has 598 valence electrons. The van der Waals surface area contributed by atoms with Gasteiger partial charge in [0.05, 0.1) is 55.1 Å². The molecule has 0 saturated carbocycles. The first-order valence-corrected chi connectivity index (χ1v) is 43.6. The minimum absolute atomic E-state index is 0.120. The van der Waals surface area contributed by atoms with Gasteiger partial charge >= 0.3 is 0 Å². The summed E-state index contributed by atoms with van der Waals surface area (Å²) in [6.45, 7) is 8.98. The van der Waals surface area contributed by atoms with Crippen LogP contribution in [-0.2, 0) is 5.41 Å². The number of hydrogen-bond donors (Lipinski definition) is 0. The molecule has 0 unspecified atom stereocenters. The van der Waals surface area contributed by atoms with Crippen LogP contribution >= 0.6 is 11.3 Å². The van der Waals surface area contributed by atoms with Crippen molar-refractivity contribution in [1.29, 1.82) is 0 Å². The molecule has 0 aliphatic heterocycles. The minimum Gasteiger partial charge on any atom is -0.456 e. The monoisotopic (exact) mass is 1650 g/mol. The molecule has 1 aliphatic rings. The fourth-order valence-electron chi connectivity index (χ4n) is 20.2. The van der Waals surface area contributed by atoms with Crippen LogP contribution in [0.3, 0.4) is 0 Å². The molecule has 28 rings (SSSR count). The number of thiophene rings is 1. The second-order valence-electron chi connectivity index (χ2n) is 33.5. The highest BCUT2D eigenvalue weighted by atomic mass is 32.1. The number of para-hydroxylation sites is 6. The Hall–Kier alpha value is -16.4. The molecule has 13 nitrogen and oxygen atoms in total. The molecule has 14 heteroatoms. The number of nitrogens with zero attached hydrogens (tertiary/aromatic N) is 9. The molecule has 127 heavy (non-hydrogen) atoms. The Morgan fingerprint density at radius 1 is 0.299 bits per heavy atom. The zero-order valence-electron chi connectivity index (χ0n) is 69.1. The average Bonchev–Trinajstić information content (AvgIpc) is 1.55. The van der Waals surface area contributed by atoms with Crippen LogP contribution in [0.2, 0.25) is 0 Å². The van der Waals surface area contributed by atoms with E-state index in [9.17, 15) is 0 Å². The first-order valence-electron chi connectivity index (χ1n) is 42.8. The second kappa shape index (κ2) is 27.8. The Morgan fingerprint density at radius 2 is 0.850 bits per heavy atom. The van der Waals surface area contributed by atoms with E-state index in [2.05, 4.69) is 327 Å². The summed E-state index contributed by atoms with van der Waals surface area (Å²) in [4.78, 5) is 30.9. The number of furan rings is 4. The zero-order chi connectivity index (χ0) is 84.0. The van der Waals surface area contributed by atoms with Gasteiger partial charge in [0.2, 0.25) is 5.95 Å². The highest BCUT2D eigenvalue weighted by Crippen LogP contribution is 2.54. The van der Waals surface area contributed by atoms with E-state index in [-0.39, 0.29) is 5.41 Å². The zero-order valence-corrected chi connectivity index (χ0v) is 69.9. The molecular weight excluding hydrogens is 1580 g/mol. The maximum absolute atomic E-state index is 6.87. The van der Waals surface area contributed by atoms with Crippen LogP contribution in [-0.4, -0.2) is 43.6 Å². The molecule has 1 aliphatic carbocycles. The van der Waals surface area contributed by atoms with E-state index < -0.39 is 0 Å². The Balaban J connectivity index is 0.000000102. The largest absolute Gasteiger partial charge is 0.456 e. The lowest BCUT2D eigenvalue weighted by Gasteiger charge is -2.21. The Morgan fingerprint density at radius 3 is 1.58 bits per heavy atom. The Kier molecular flexibility index (Phi) is 15.8. The summed E-state index contributed by atoms with van der Waals surface area (Å²) in [5.74, 6) is 2.00. The van der Waals surface area contributed by atoms with Crippen LogP contribution in [0.1, 0.15) is 36.2 Å². The fraction of sp³-hybridized carbons (Fsp3) is 0.0442. The van der Waals surface area contributed by atoms with Gasteiger partial charge in [0.1, 0.15) is 50.2 Å². The molecule has 0 spiro atoms. The third-order valence-corrected chi connectivity index (χ3v) is 27.4. The molecule has 27 aromatic rings. The quantitative estimate of drug-likeness (QED) is 0.151. The highest BCUT2D eigenvalue weighted by Gasteiger charge is 2.38. The van der Waals surface area contributed by atoms with Crippen LogP contribution in [0.4, 0.5) is 0 Å². The first kappa shape index (κ1) is 72.2. The summed E-state index contributed by atoms with van der Waals surface area (Å²) in [6, 6.07) is 123. The van der Waals surface area contributed by atoms with Gasteiger partial charge in [0.25, 0.3) is 0 Å². The third-order valence-electron chi connectivity index (χ3n) is 26.2. The Labute approximate surface area is 728 Å². The summed E-state index contributed by atoms with van der Waals surface area (Å²) >= 11 is 1.75. The van der Waals surface area contributed by atoms with Crippen molar-refractivity contribution in [1.82, 2.24) is 43.6 Å². The van der Waals surface area contributed by atoms with Crippen molar-refractivity contribution in [2.45, 2.75) is 33.1 Å². The number of rotatable bonds is 7. The lowest BCUT2D eigenvalue weighted by molar-refractivity contribution is 0.653. The van der Waals surface area contributed by atoms with E-state index >= 15 is 0 Å². The molecule has 0 N–H and O–H groups in total. The van der Waals surface area contributed by atoms with Crippen molar-refractivity contribution in [3.05, 3.63) is 380 Å². The van der Waals surface area contributed by atoms with Gasteiger partial charge in [-0.25, -0.2) is 29.9 Å². The normalized spacial score (nSPS) is 12.6. The smallest absolute Gasteiger partial charge is 0.235 e. The van der Waals surface area contributed by atoms with Crippen LogP contribution in [0.15, 0.2) is 376 Å². The molecule has 0 atom stereocenters. The summed E-state index contributed by atoms with van der Waals surface area (Å²) in [5, 5.41) is 16.0. The van der Waals surface area contributed by atoms with Crippen LogP contribution in [0.25, 0.3) is 247 Å². The number of benzene rings is 16. The maximum atomic E-state index is 6.87. The number of fused-ring (bicyclic) bond motifs is 30. The number of aryl methyl sites for hydroxylation is 1. The van der Waals surface area contributed by atoms with Crippen molar-refractivity contribution in [2.24, 2.45) is 0 Å². The van der Waals surface area contributed by atoms with Crippen molar-refractivity contribution in [3.8, 4) is 73.7 Å².